The first kappa shape index (κ1) is 10.1. The summed E-state index contributed by atoms with van der Waals surface area (Å²) in [6, 6.07) is 6.90. The van der Waals surface area contributed by atoms with Crippen LogP contribution in [0.4, 0.5) is 0 Å². The molecule has 0 fully saturated rings. The fourth-order valence-electron chi connectivity index (χ4n) is 0.849. The van der Waals surface area contributed by atoms with Crippen LogP contribution in [-0.4, -0.2) is 19.7 Å². The Morgan fingerprint density at radius 3 is 2.57 bits per heavy atom. The lowest BCUT2D eigenvalue weighted by atomic mass is 10.2. The average Bonchev–Trinajstić information content (AvgIpc) is 2.26. The normalized spacial score (nSPS) is 8.86. The lowest BCUT2D eigenvalue weighted by Gasteiger charge is -2.03. The number of hydrogen-bond donors (Lipinski definition) is 0. The standard InChI is InChI=1S/C11H10O3/c1-3-9-4-6-10(7-5-9)14-8-11(12)13-2/h1,4-7H,8H2,2H3. The highest BCUT2D eigenvalue weighted by Crippen LogP contribution is 2.11. The summed E-state index contributed by atoms with van der Waals surface area (Å²) in [6.45, 7) is -0.0914. The zero-order valence-corrected chi connectivity index (χ0v) is 7.82. The van der Waals surface area contributed by atoms with Crippen LogP contribution in [0, 0.1) is 12.3 Å². The molecule has 0 atom stereocenters. The van der Waals surface area contributed by atoms with Crippen molar-refractivity contribution in [1.29, 1.82) is 0 Å². The molecule has 3 nitrogen and oxygen atoms in total. The van der Waals surface area contributed by atoms with E-state index in [1.54, 1.807) is 24.3 Å². The first-order chi connectivity index (χ1) is 6.76. The van der Waals surface area contributed by atoms with Crippen molar-refractivity contribution < 1.29 is 14.3 Å². The van der Waals surface area contributed by atoms with Gasteiger partial charge in [-0.3, -0.25) is 0 Å². The fraction of sp³-hybridized carbons (Fsp3) is 0.182. The van der Waals surface area contributed by atoms with Crippen molar-refractivity contribution in [2.45, 2.75) is 0 Å². The summed E-state index contributed by atoms with van der Waals surface area (Å²) in [5, 5.41) is 0. The van der Waals surface area contributed by atoms with E-state index in [2.05, 4.69) is 10.7 Å². The van der Waals surface area contributed by atoms with Crippen LogP contribution in [0.1, 0.15) is 5.56 Å². The minimum Gasteiger partial charge on any atom is -0.482 e. The molecule has 0 aliphatic heterocycles. The van der Waals surface area contributed by atoms with Crippen molar-refractivity contribution in [3.05, 3.63) is 29.8 Å². The van der Waals surface area contributed by atoms with Crippen LogP contribution < -0.4 is 4.74 Å². The number of carbonyl (C=O) groups excluding carboxylic acids is 1. The third-order valence-corrected chi connectivity index (χ3v) is 1.61. The Morgan fingerprint density at radius 1 is 1.43 bits per heavy atom. The molecular formula is C11H10O3. The van der Waals surface area contributed by atoms with Crippen LogP contribution in [-0.2, 0) is 9.53 Å². The first-order valence-electron chi connectivity index (χ1n) is 4.02. The maximum atomic E-state index is 10.7. The van der Waals surface area contributed by atoms with Gasteiger partial charge in [0.1, 0.15) is 5.75 Å². The second-order valence-electron chi connectivity index (χ2n) is 2.53. The molecule has 0 unspecified atom stereocenters. The van der Waals surface area contributed by atoms with Crippen LogP contribution in [0.25, 0.3) is 0 Å². The predicted octanol–water partition coefficient (Wildman–Crippen LogP) is 1.22. The summed E-state index contributed by atoms with van der Waals surface area (Å²) in [6.07, 6.45) is 5.18. The number of terminal acetylenes is 1. The molecule has 3 heteroatoms. The van der Waals surface area contributed by atoms with E-state index in [0.717, 1.165) is 5.56 Å². The second kappa shape index (κ2) is 4.93. The van der Waals surface area contributed by atoms with E-state index >= 15 is 0 Å². The lowest BCUT2D eigenvalue weighted by molar-refractivity contribution is -0.142. The minimum absolute atomic E-state index is 0.0914. The van der Waals surface area contributed by atoms with Gasteiger partial charge in [-0.25, -0.2) is 4.79 Å². The van der Waals surface area contributed by atoms with Gasteiger partial charge in [0.15, 0.2) is 6.61 Å². The number of ether oxygens (including phenoxy) is 2. The average molecular weight is 190 g/mol. The van der Waals surface area contributed by atoms with Crippen LogP contribution >= 0.6 is 0 Å². The largest absolute Gasteiger partial charge is 0.482 e. The molecule has 14 heavy (non-hydrogen) atoms. The fourth-order valence-corrected chi connectivity index (χ4v) is 0.849. The Bertz CT molecular complexity index is 346. The van der Waals surface area contributed by atoms with Crippen molar-refractivity contribution in [2.24, 2.45) is 0 Å². The molecule has 1 aromatic rings. The van der Waals surface area contributed by atoms with Crippen LogP contribution in [0.5, 0.6) is 5.75 Å². The molecule has 0 N–H and O–H groups in total. The molecule has 0 bridgehead atoms. The van der Waals surface area contributed by atoms with Crippen molar-refractivity contribution in [2.75, 3.05) is 13.7 Å². The minimum atomic E-state index is -0.411. The second-order valence-corrected chi connectivity index (χ2v) is 2.53. The summed E-state index contributed by atoms with van der Waals surface area (Å²) in [5.74, 6) is 2.66. The van der Waals surface area contributed by atoms with E-state index in [-0.39, 0.29) is 6.61 Å². The van der Waals surface area contributed by atoms with Gasteiger partial charge in [0.2, 0.25) is 0 Å². The Morgan fingerprint density at radius 2 is 2.07 bits per heavy atom. The Labute approximate surface area is 82.6 Å². The summed E-state index contributed by atoms with van der Waals surface area (Å²) >= 11 is 0. The summed E-state index contributed by atoms with van der Waals surface area (Å²) < 4.78 is 9.54. The van der Waals surface area contributed by atoms with E-state index in [1.807, 2.05) is 0 Å². The summed E-state index contributed by atoms with van der Waals surface area (Å²) in [5.41, 5.74) is 0.774. The van der Waals surface area contributed by atoms with Gasteiger partial charge >= 0.3 is 5.97 Å². The monoisotopic (exact) mass is 190 g/mol. The van der Waals surface area contributed by atoms with Crippen LogP contribution in [0.2, 0.25) is 0 Å². The molecule has 0 amide bonds. The third kappa shape index (κ3) is 2.83. The SMILES string of the molecule is C#Cc1ccc(OCC(=O)OC)cc1. The predicted molar refractivity (Wildman–Crippen MR) is 51.9 cm³/mol. The van der Waals surface area contributed by atoms with E-state index in [0.29, 0.717) is 5.75 Å². The number of hydrogen-bond acceptors (Lipinski definition) is 3. The van der Waals surface area contributed by atoms with Gasteiger partial charge in [0.25, 0.3) is 0 Å². The molecule has 0 aliphatic carbocycles. The topological polar surface area (TPSA) is 35.5 Å². The van der Waals surface area contributed by atoms with Crippen LogP contribution in [0.15, 0.2) is 24.3 Å². The number of esters is 1. The van der Waals surface area contributed by atoms with Crippen molar-refractivity contribution in [3.63, 3.8) is 0 Å². The molecule has 1 aromatic carbocycles. The zero-order valence-electron chi connectivity index (χ0n) is 7.82. The number of benzene rings is 1. The van der Waals surface area contributed by atoms with Gasteiger partial charge < -0.3 is 9.47 Å². The van der Waals surface area contributed by atoms with Crippen LogP contribution in [0.3, 0.4) is 0 Å². The number of rotatable bonds is 3. The van der Waals surface area contributed by atoms with Gasteiger partial charge in [0, 0.05) is 5.56 Å². The number of methoxy groups -OCH3 is 1. The zero-order chi connectivity index (χ0) is 10.4. The molecule has 1 rings (SSSR count). The molecule has 0 aromatic heterocycles. The molecule has 0 heterocycles. The highest BCUT2D eigenvalue weighted by atomic mass is 16.6. The van der Waals surface area contributed by atoms with Gasteiger partial charge in [-0.15, -0.1) is 6.42 Å². The maximum absolute atomic E-state index is 10.7. The molecule has 0 saturated carbocycles. The highest BCUT2D eigenvalue weighted by molar-refractivity contribution is 5.70. The van der Waals surface area contributed by atoms with Gasteiger partial charge in [-0.1, -0.05) is 5.92 Å². The smallest absolute Gasteiger partial charge is 0.343 e. The quantitative estimate of drug-likeness (QED) is 0.531. The molecule has 72 valence electrons. The van der Waals surface area contributed by atoms with Crippen molar-refractivity contribution in [3.8, 4) is 18.1 Å². The Kier molecular flexibility index (Phi) is 3.57. The van der Waals surface area contributed by atoms with Crippen molar-refractivity contribution in [1.82, 2.24) is 0 Å². The Hall–Kier alpha value is -1.95. The van der Waals surface area contributed by atoms with Gasteiger partial charge in [-0.2, -0.15) is 0 Å². The molecule has 0 spiro atoms. The lowest BCUT2D eigenvalue weighted by Crippen LogP contribution is -2.12. The molecule has 0 saturated heterocycles. The molecule has 0 radical (unpaired) electrons. The van der Waals surface area contributed by atoms with Gasteiger partial charge in [0.05, 0.1) is 7.11 Å². The van der Waals surface area contributed by atoms with E-state index in [4.69, 9.17) is 11.2 Å². The van der Waals surface area contributed by atoms with Crippen molar-refractivity contribution >= 4 is 5.97 Å². The first-order valence-corrected chi connectivity index (χ1v) is 4.02. The molecular weight excluding hydrogens is 180 g/mol. The van der Waals surface area contributed by atoms with E-state index < -0.39 is 5.97 Å². The van der Waals surface area contributed by atoms with E-state index in [1.165, 1.54) is 7.11 Å². The van der Waals surface area contributed by atoms with Gasteiger partial charge in [-0.05, 0) is 24.3 Å². The third-order valence-electron chi connectivity index (χ3n) is 1.61. The summed E-state index contributed by atoms with van der Waals surface area (Å²) in [7, 11) is 1.31. The highest BCUT2D eigenvalue weighted by Gasteiger charge is 2.00. The maximum Gasteiger partial charge on any atom is 0.343 e. The van der Waals surface area contributed by atoms with E-state index in [9.17, 15) is 4.79 Å². The Balaban J connectivity index is 2.53. The number of carbonyl (C=O) groups is 1. The summed E-state index contributed by atoms with van der Waals surface area (Å²) in [4.78, 5) is 10.7. The molecule has 0 aliphatic rings.